The average Bonchev–Trinajstić information content (AvgIpc) is 3.29. The largest absolute Gasteiger partial charge is 0.497 e. The smallest absolute Gasteiger partial charge is 0.233 e. The van der Waals surface area contributed by atoms with E-state index in [0.29, 0.717) is 23.8 Å². The Kier molecular flexibility index (Phi) is 5.63. The van der Waals surface area contributed by atoms with Gasteiger partial charge in [0.25, 0.3) is 0 Å². The Hall–Kier alpha value is -2.33. The van der Waals surface area contributed by atoms with Crippen molar-refractivity contribution in [3.8, 4) is 5.75 Å². The number of sulfone groups is 1. The number of nitrogens with zero attached hydrogens (tertiary/aromatic N) is 4. The minimum absolute atomic E-state index is 0.0504. The van der Waals surface area contributed by atoms with Crippen LogP contribution in [0, 0.1) is 6.92 Å². The van der Waals surface area contributed by atoms with Crippen molar-refractivity contribution < 1.29 is 17.9 Å². The third-order valence-electron chi connectivity index (χ3n) is 5.51. The van der Waals surface area contributed by atoms with E-state index in [1.165, 1.54) is 11.8 Å². The molecule has 1 aliphatic rings. The van der Waals surface area contributed by atoms with E-state index < -0.39 is 9.84 Å². The minimum Gasteiger partial charge on any atom is -0.497 e. The summed E-state index contributed by atoms with van der Waals surface area (Å²) in [5, 5.41) is 10.2. The van der Waals surface area contributed by atoms with Gasteiger partial charge in [-0.25, -0.2) is 8.42 Å². The second-order valence-corrected chi connectivity index (χ2v) is 10.6. The molecule has 4 rings (SSSR count). The number of pyridine rings is 1. The Balaban J connectivity index is 1.61. The molecule has 1 aliphatic heterocycles. The Bertz CT molecular complexity index is 1220. The van der Waals surface area contributed by atoms with Crippen LogP contribution in [0.3, 0.4) is 0 Å². The van der Waals surface area contributed by atoms with E-state index in [-0.39, 0.29) is 29.2 Å². The van der Waals surface area contributed by atoms with Gasteiger partial charge in [0.05, 0.1) is 29.9 Å². The number of hydrogen-bond acceptors (Lipinski definition) is 7. The first-order chi connectivity index (χ1) is 14.3. The maximum absolute atomic E-state index is 12.9. The monoisotopic (exact) mass is 448 g/mol. The van der Waals surface area contributed by atoms with Crippen molar-refractivity contribution in [2.75, 3.05) is 30.9 Å². The summed E-state index contributed by atoms with van der Waals surface area (Å²) in [5.41, 5.74) is 2.70. The van der Waals surface area contributed by atoms with E-state index in [1.54, 1.807) is 12.0 Å². The Morgan fingerprint density at radius 3 is 2.80 bits per heavy atom. The number of carbonyl (C=O) groups excluding carboxylic acids is 1. The lowest BCUT2D eigenvalue weighted by atomic mass is 10.1. The van der Waals surface area contributed by atoms with Crippen molar-refractivity contribution in [3.05, 3.63) is 29.8 Å². The van der Waals surface area contributed by atoms with Gasteiger partial charge in [0, 0.05) is 24.0 Å². The number of aryl methyl sites for hydroxylation is 1. The maximum atomic E-state index is 12.9. The summed E-state index contributed by atoms with van der Waals surface area (Å²) < 4.78 is 30.9. The number of carbonyl (C=O) groups is 1. The molecular formula is C20H24N4O4S2. The fraction of sp³-hybridized carbons (Fsp3) is 0.450. The van der Waals surface area contributed by atoms with Gasteiger partial charge in [-0.1, -0.05) is 11.8 Å². The quantitative estimate of drug-likeness (QED) is 0.534. The van der Waals surface area contributed by atoms with Gasteiger partial charge >= 0.3 is 0 Å². The molecule has 0 spiro atoms. The number of fused-ring (bicyclic) bond motifs is 3. The molecule has 0 aliphatic carbocycles. The summed E-state index contributed by atoms with van der Waals surface area (Å²) in [4.78, 5) is 14.5. The summed E-state index contributed by atoms with van der Waals surface area (Å²) in [6, 6.07) is 7.58. The van der Waals surface area contributed by atoms with Gasteiger partial charge in [0.15, 0.2) is 20.6 Å². The second-order valence-electron chi connectivity index (χ2n) is 7.41. The number of methoxy groups -OCH3 is 1. The highest BCUT2D eigenvalue weighted by Crippen LogP contribution is 2.29. The van der Waals surface area contributed by atoms with Gasteiger partial charge in [-0.3, -0.25) is 9.20 Å². The molecule has 8 nitrogen and oxygen atoms in total. The lowest BCUT2D eigenvalue weighted by Gasteiger charge is -2.26. The molecule has 3 heterocycles. The van der Waals surface area contributed by atoms with Gasteiger partial charge in [-0.2, -0.15) is 0 Å². The highest BCUT2D eigenvalue weighted by molar-refractivity contribution is 7.99. The van der Waals surface area contributed by atoms with E-state index >= 15 is 0 Å². The van der Waals surface area contributed by atoms with Crippen molar-refractivity contribution in [3.63, 3.8) is 0 Å². The molecule has 0 saturated carbocycles. The first kappa shape index (κ1) is 20.9. The molecular weight excluding hydrogens is 424 g/mol. The second kappa shape index (κ2) is 8.07. The van der Waals surface area contributed by atoms with Crippen molar-refractivity contribution in [1.29, 1.82) is 0 Å². The zero-order chi connectivity index (χ0) is 21.5. The summed E-state index contributed by atoms with van der Waals surface area (Å²) in [5.74, 6) is 1.01. The fourth-order valence-electron chi connectivity index (χ4n) is 3.99. The molecule has 3 aromatic rings. The van der Waals surface area contributed by atoms with Crippen molar-refractivity contribution >= 4 is 44.1 Å². The zero-order valence-electron chi connectivity index (χ0n) is 17.2. The summed E-state index contributed by atoms with van der Waals surface area (Å²) in [7, 11) is -1.42. The van der Waals surface area contributed by atoms with Gasteiger partial charge < -0.3 is 9.64 Å². The number of ether oxygens (including phenoxy) is 1. The molecule has 1 saturated heterocycles. The first-order valence-electron chi connectivity index (χ1n) is 9.78. The minimum atomic E-state index is -3.05. The summed E-state index contributed by atoms with van der Waals surface area (Å²) in [6.07, 6.45) is 0.504. The van der Waals surface area contributed by atoms with Crippen LogP contribution in [0.25, 0.3) is 16.6 Å². The first-order valence-corrected chi connectivity index (χ1v) is 12.6. The molecule has 10 heteroatoms. The zero-order valence-corrected chi connectivity index (χ0v) is 18.8. The average molecular weight is 449 g/mol. The molecule has 0 N–H and O–H groups in total. The van der Waals surface area contributed by atoms with Crippen molar-refractivity contribution in [1.82, 2.24) is 19.5 Å². The molecule has 1 atom stereocenters. The topological polar surface area (TPSA) is 93.9 Å². The van der Waals surface area contributed by atoms with Crippen LogP contribution in [0.4, 0.5) is 0 Å². The standard InChI is InChI=1S/C20H24N4O4S2/c1-4-23(14-7-8-30(26,27)12-14)19(25)11-29-20-22-21-18-9-13(2)16-6-5-15(28-3)10-17(16)24(18)20/h5-6,9-10,14H,4,7-8,11-12H2,1-3H3/t14-/m0/s1. The molecule has 2 aromatic heterocycles. The van der Waals surface area contributed by atoms with Crippen LogP contribution in [-0.2, 0) is 14.6 Å². The maximum Gasteiger partial charge on any atom is 0.233 e. The molecule has 1 fully saturated rings. The van der Waals surface area contributed by atoms with Gasteiger partial charge in [-0.15, -0.1) is 10.2 Å². The van der Waals surface area contributed by atoms with Crippen LogP contribution in [0.2, 0.25) is 0 Å². The Morgan fingerprint density at radius 1 is 1.33 bits per heavy atom. The molecule has 1 aromatic carbocycles. The Morgan fingerprint density at radius 2 is 2.13 bits per heavy atom. The number of hydrogen-bond donors (Lipinski definition) is 0. The molecule has 0 unspecified atom stereocenters. The summed E-state index contributed by atoms with van der Waals surface area (Å²) in [6.45, 7) is 4.39. The van der Waals surface area contributed by atoms with Gasteiger partial charge in [0.1, 0.15) is 5.75 Å². The SMILES string of the molecule is CCN(C(=O)CSc1nnc2cc(C)c3ccc(OC)cc3n12)[C@H]1CCS(=O)(=O)C1. The van der Waals surface area contributed by atoms with Crippen molar-refractivity contribution in [2.45, 2.75) is 31.5 Å². The van der Waals surface area contributed by atoms with E-state index in [1.807, 2.05) is 42.5 Å². The highest BCUT2D eigenvalue weighted by atomic mass is 32.2. The number of aromatic nitrogens is 3. The normalized spacial score (nSPS) is 18.2. The highest BCUT2D eigenvalue weighted by Gasteiger charge is 2.33. The molecule has 160 valence electrons. The number of thioether (sulfide) groups is 1. The van der Waals surface area contributed by atoms with Crippen molar-refractivity contribution in [2.24, 2.45) is 0 Å². The lowest BCUT2D eigenvalue weighted by molar-refractivity contribution is -0.129. The summed E-state index contributed by atoms with van der Waals surface area (Å²) >= 11 is 1.31. The lowest BCUT2D eigenvalue weighted by Crippen LogP contribution is -2.41. The number of amides is 1. The van der Waals surface area contributed by atoms with Gasteiger partial charge in [-0.05, 0) is 44.0 Å². The molecule has 30 heavy (non-hydrogen) atoms. The third kappa shape index (κ3) is 3.85. The molecule has 0 radical (unpaired) electrons. The third-order valence-corrected chi connectivity index (χ3v) is 8.17. The van der Waals surface area contributed by atoms with Gasteiger partial charge in [0.2, 0.25) is 5.91 Å². The predicted octanol–water partition coefficient (Wildman–Crippen LogP) is 2.33. The van der Waals surface area contributed by atoms with Crippen LogP contribution < -0.4 is 4.74 Å². The van der Waals surface area contributed by atoms with E-state index in [9.17, 15) is 13.2 Å². The predicted molar refractivity (Wildman–Crippen MR) is 117 cm³/mol. The number of benzene rings is 1. The molecule has 1 amide bonds. The van der Waals surface area contributed by atoms with Crippen LogP contribution in [0.1, 0.15) is 18.9 Å². The van der Waals surface area contributed by atoms with E-state index in [4.69, 9.17) is 4.74 Å². The van der Waals surface area contributed by atoms with Crippen LogP contribution in [-0.4, -0.2) is 70.8 Å². The van der Waals surface area contributed by atoms with E-state index in [2.05, 4.69) is 10.2 Å². The van der Waals surface area contributed by atoms with Crippen LogP contribution >= 0.6 is 11.8 Å². The molecule has 0 bridgehead atoms. The van der Waals surface area contributed by atoms with Crippen LogP contribution in [0.15, 0.2) is 29.4 Å². The van der Waals surface area contributed by atoms with Crippen LogP contribution in [0.5, 0.6) is 5.75 Å². The van der Waals surface area contributed by atoms with E-state index in [0.717, 1.165) is 22.2 Å². The number of rotatable bonds is 6. The Labute approximate surface area is 179 Å². The fourth-order valence-corrected chi connectivity index (χ4v) is 6.56.